The molecule has 0 fully saturated rings. The van der Waals surface area contributed by atoms with Crippen LogP contribution in [0.5, 0.6) is 5.75 Å². The first-order valence-corrected chi connectivity index (χ1v) is 6.23. The lowest BCUT2D eigenvalue weighted by molar-refractivity contribution is -0.139. The van der Waals surface area contributed by atoms with Crippen LogP contribution in [-0.4, -0.2) is 28.8 Å². The van der Waals surface area contributed by atoms with Crippen molar-refractivity contribution in [2.75, 3.05) is 6.61 Å². The molecule has 2 aromatic carbocycles. The molecule has 0 radical (unpaired) electrons. The zero-order chi connectivity index (χ0) is 15.5. The maximum atomic E-state index is 10.2. The zero-order valence-electron chi connectivity index (χ0n) is 11.3. The van der Waals surface area contributed by atoms with Crippen LogP contribution in [0.2, 0.25) is 0 Å². The van der Waals surface area contributed by atoms with E-state index in [1.54, 1.807) is 36.4 Å². The molecule has 5 nitrogen and oxygen atoms in total. The fourth-order valence-corrected chi connectivity index (χ4v) is 1.43. The van der Waals surface area contributed by atoms with Gasteiger partial charge in [0.25, 0.3) is 0 Å². The number of para-hydroxylation sites is 1. The Morgan fingerprint density at radius 1 is 0.810 bits per heavy atom. The van der Waals surface area contributed by atoms with Gasteiger partial charge in [-0.3, -0.25) is 4.79 Å². The summed E-state index contributed by atoms with van der Waals surface area (Å²) in [4.78, 5) is 20.2. The van der Waals surface area contributed by atoms with E-state index in [0.717, 1.165) is 5.56 Å². The van der Waals surface area contributed by atoms with Crippen molar-refractivity contribution in [3.05, 3.63) is 66.2 Å². The largest absolute Gasteiger partial charge is 0.482 e. The number of hydrogen-bond donors (Lipinski definition) is 2. The average molecular weight is 288 g/mol. The molecule has 21 heavy (non-hydrogen) atoms. The monoisotopic (exact) mass is 288 g/mol. The molecule has 0 saturated heterocycles. The topological polar surface area (TPSA) is 83.8 Å². The zero-order valence-corrected chi connectivity index (χ0v) is 11.3. The van der Waals surface area contributed by atoms with Gasteiger partial charge in [0.05, 0.1) is 6.42 Å². The highest BCUT2D eigenvalue weighted by Crippen LogP contribution is 2.07. The number of rotatable bonds is 5. The van der Waals surface area contributed by atoms with Crippen molar-refractivity contribution >= 4 is 11.9 Å². The standard InChI is InChI=1S/C8H8O3.C8H8O2/c9-8(10)6-11-7-4-2-1-3-5-7;9-8(10)6-7-4-2-1-3-5-7/h1-5H,6H2,(H,9,10);1-5H,6H2,(H,9,10). The third kappa shape index (κ3) is 8.05. The minimum Gasteiger partial charge on any atom is -0.482 e. The summed E-state index contributed by atoms with van der Waals surface area (Å²) < 4.78 is 4.87. The lowest BCUT2D eigenvalue weighted by Gasteiger charge is -2.00. The maximum Gasteiger partial charge on any atom is 0.341 e. The van der Waals surface area contributed by atoms with E-state index in [0.29, 0.717) is 5.75 Å². The first kappa shape index (κ1) is 16.2. The number of carboxylic acid groups (broad SMARTS) is 2. The van der Waals surface area contributed by atoms with E-state index < -0.39 is 11.9 Å². The van der Waals surface area contributed by atoms with Gasteiger partial charge < -0.3 is 14.9 Å². The van der Waals surface area contributed by atoms with E-state index in [1.807, 2.05) is 24.3 Å². The van der Waals surface area contributed by atoms with E-state index in [-0.39, 0.29) is 13.0 Å². The summed E-state index contributed by atoms with van der Waals surface area (Å²) >= 11 is 0. The fourth-order valence-electron chi connectivity index (χ4n) is 1.43. The van der Waals surface area contributed by atoms with Gasteiger partial charge in [-0.1, -0.05) is 48.5 Å². The number of carboxylic acids is 2. The summed E-state index contributed by atoms with van der Waals surface area (Å²) in [6, 6.07) is 18.0. The van der Waals surface area contributed by atoms with Gasteiger partial charge in [-0.05, 0) is 17.7 Å². The van der Waals surface area contributed by atoms with Crippen molar-refractivity contribution in [1.29, 1.82) is 0 Å². The van der Waals surface area contributed by atoms with Crippen LogP contribution in [0.3, 0.4) is 0 Å². The molecule has 0 aliphatic heterocycles. The summed E-state index contributed by atoms with van der Waals surface area (Å²) in [7, 11) is 0. The van der Waals surface area contributed by atoms with Crippen LogP contribution in [-0.2, 0) is 16.0 Å². The number of aliphatic carboxylic acids is 2. The summed E-state index contributed by atoms with van der Waals surface area (Å²) in [6.45, 7) is -0.288. The quantitative estimate of drug-likeness (QED) is 0.883. The van der Waals surface area contributed by atoms with Gasteiger partial charge in [0.1, 0.15) is 5.75 Å². The van der Waals surface area contributed by atoms with Crippen LogP contribution in [0.1, 0.15) is 5.56 Å². The molecular weight excluding hydrogens is 272 g/mol. The minimum absolute atomic E-state index is 0.112. The number of benzene rings is 2. The minimum atomic E-state index is -0.964. The maximum absolute atomic E-state index is 10.2. The summed E-state index contributed by atoms with van der Waals surface area (Å²) in [5, 5.41) is 16.6. The van der Waals surface area contributed by atoms with Gasteiger partial charge in [0.2, 0.25) is 0 Å². The van der Waals surface area contributed by atoms with Crippen LogP contribution in [0.15, 0.2) is 60.7 Å². The fraction of sp³-hybridized carbons (Fsp3) is 0.125. The summed E-state index contributed by atoms with van der Waals surface area (Å²) in [6.07, 6.45) is 0.112. The Balaban J connectivity index is 0.000000211. The first-order chi connectivity index (χ1) is 10.1. The smallest absolute Gasteiger partial charge is 0.341 e. The molecule has 5 heteroatoms. The molecule has 2 N–H and O–H groups in total. The predicted molar refractivity (Wildman–Crippen MR) is 77.4 cm³/mol. The second-order valence-electron chi connectivity index (χ2n) is 4.05. The highest BCUT2D eigenvalue weighted by molar-refractivity contribution is 5.70. The lowest BCUT2D eigenvalue weighted by atomic mass is 10.2. The number of carbonyl (C=O) groups is 2. The van der Waals surface area contributed by atoms with E-state index in [1.165, 1.54) is 0 Å². The van der Waals surface area contributed by atoms with Gasteiger partial charge in [0.15, 0.2) is 6.61 Å². The van der Waals surface area contributed by atoms with Crippen molar-refractivity contribution in [3.8, 4) is 5.75 Å². The van der Waals surface area contributed by atoms with E-state index in [4.69, 9.17) is 14.9 Å². The van der Waals surface area contributed by atoms with Gasteiger partial charge >= 0.3 is 11.9 Å². The molecule has 0 amide bonds. The Hall–Kier alpha value is -2.82. The molecule has 0 atom stereocenters. The Kier molecular flexibility index (Phi) is 7.07. The van der Waals surface area contributed by atoms with Gasteiger partial charge in [-0.15, -0.1) is 0 Å². The molecule has 0 aromatic heterocycles. The molecule has 0 aliphatic rings. The van der Waals surface area contributed by atoms with Crippen molar-refractivity contribution in [2.24, 2.45) is 0 Å². The highest BCUT2D eigenvalue weighted by atomic mass is 16.5. The van der Waals surface area contributed by atoms with Crippen LogP contribution in [0.4, 0.5) is 0 Å². The Bertz CT molecular complexity index is 551. The predicted octanol–water partition coefficient (Wildman–Crippen LogP) is 2.46. The SMILES string of the molecule is O=C(O)COc1ccccc1.O=C(O)Cc1ccccc1. The molecule has 0 unspecified atom stereocenters. The summed E-state index contributed by atoms with van der Waals surface area (Å²) in [5.74, 6) is -1.17. The second kappa shape index (κ2) is 9.14. The molecule has 2 rings (SSSR count). The third-order valence-electron chi connectivity index (χ3n) is 2.30. The number of ether oxygens (including phenoxy) is 1. The van der Waals surface area contributed by atoms with Gasteiger partial charge in [-0.25, -0.2) is 4.79 Å². The van der Waals surface area contributed by atoms with Crippen molar-refractivity contribution in [2.45, 2.75) is 6.42 Å². The molecular formula is C16H16O5. The Labute approximate surface area is 122 Å². The van der Waals surface area contributed by atoms with Crippen molar-refractivity contribution in [3.63, 3.8) is 0 Å². The Morgan fingerprint density at radius 3 is 1.81 bits per heavy atom. The normalized spacial score (nSPS) is 9.14. The van der Waals surface area contributed by atoms with Crippen molar-refractivity contribution < 1.29 is 24.5 Å². The molecule has 0 saturated carbocycles. The molecule has 110 valence electrons. The van der Waals surface area contributed by atoms with E-state index in [2.05, 4.69) is 0 Å². The first-order valence-electron chi connectivity index (χ1n) is 6.23. The average Bonchev–Trinajstić information content (AvgIpc) is 2.47. The highest BCUT2D eigenvalue weighted by Gasteiger charge is 1.97. The van der Waals surface area contributed by atoms with E-state index >= 15 is 0 Å². The number of hydrogen-bond acceptors (Lipinski definition) is 3. The molecule has 0 spiro atoms. The lowest BCUT2D eigenvalue weighted by Crippen LogP contribution is -2.09. The van der Waals surface area contributed by atoms with Crippen molar-refractivity contribution in [1.82, 2.24) is 0 Å². The van der Waals surface area contributed by atoms with E-state index in [9.17, 15) is 9.59 Å². The molecule has 0 heterocycles. The van der Waals surface area contributed by atoms with Crippen LogP contribution in [0, 0.1) is 0 Å². The second-order valence-corrected chi connectivity index (χ2v) is 4.05. The third-order valence-corrected chi connectivity index (χ3v) is 2.30. The van der Waals surface area contributed by atoms with Crippen LogP contribution in [0.25, 0.3) is 0 Å². The van der Waals surface area contributed by atoms with Gasteiger partial charge in [0, 0.05) is 0 Å². The molecule has 2 aromatic rings. The molecule has 0 bridgehead atoms. The van der Waals surface area contributed by atoms with Crippen LogP contribution < -0.4 is 4.74 Å². The van der Waals surface area contributed by atoms with Gasteiger partial charge in [-0.2, -0.15) is 0 Å². The van der Waals surface area contributed by atoms with Crippen LogP contribution >= 0.6 is 0 Å². The Morgan fingerprint density at radius 2 is 1.33 bits per heavy atom. The summed E-state index contributed by atoms with van der Waals surface area (Å²) in [5.41, 5.74) is 0.843. The molecule has 0 aliphatic carbocycles.